The average molecular weight is 499 g/mol. The van der Waals surface area contributed by atoms with Gasteiger partial charge in [-0.1, -0.05) is 23.4 Å². The van der Waals surface area contributed by atoms with E-state index in [1.54, 1.807) is 79.7 Å². The summed E-state index contributed by atoms with van der Waals surface area (Å²) in [5, 5.41) is 0.561. The monoisotopic (exact) mass is 498 g/mol. The second-order valence-electron chi connectivity index (χ2n) is 7.59. The van der Waals surface area contributed by atoms with Gasteiger partial charge in [0, 0.05) is 9.92 Å². The van der Waals surface area contributed by atoms with E-state index >= 15 is 0 Å². The molecule has 0 radical (unpaired) electrons. The molecule has 1 aromatic rings. The molecule has 0 unspecified atom stereocenters. The maximum atomic E-state index is 14.0. The summed E-state index contributed by atoms with van der Waals surface area (Å²) >= 11 is 7.08. The first-order chi connectivity index (χ1) is 13.3. The zero-order valence-corrected chi connectivity index (χ0v) is 21.7. The second kappa shape index (κ2) is 11.7. The number of rotatable bonds is 12. The molecule has 0 N–H and O–H groups in total. The number of halogens is 1. The van der Waals surface area contributed by atoms with Crippen molar-refractivity contribution < 1.29 is 27.2 Å². The van der Waals surface area contributed by atoms with Crippen LogP contribution in [0.5, 0.6) is 0 Å². The third-order valence-corrected chi connectivity index (χ3v) is 11.9. The summed E-state index contributed by atoms with van der Waals surface area (Å²) in [7, 11) is -7.87. The van der Waals surface area contributed by atoms with Crippen LogP contribution in [0.15, 0.2) is 29.2 Å². The smallest absolute Gasteiger partial charge is 0.305 e. The molecule has 6 nitrogen and oxygen atoms in total. The van der Waals surface area contributed by atoms with E-state index in [9.17, 15) is 9.13 Å². The van der Waals surface area contributed by atoms with Crippen molar-refractivity contribution >= 4 is 38.6 Å². The van der Waals surface area contributed by atoms with Gasteiger partial charge in [-0.05, 0) is 79.7 Å². The van der Waals surface area contributed by atoms with Gasteiger partial charge < -0.3 is 18.1 Å². The van der Waals surface area contributed by atoms with Gasteiger partial charge in [0.15, 0.2) is 0 Å². The summed E-state index contributed by atoms with van der Waals surface area (Å²) in [6, 6.07) is 6.92. The number of hydrogen-bond acceptors (Lipinski definition) is 7. The normalized spacial score (nSPS) is 13.4. The molecule has 0 fully saturated rings. The number of thioether (sulfide) groups is 1. The van der Waals surface area contributed by atoms with Gasteiger partial charge in [0.05, 0.1) is 24.4 Å². The Hall–Kier alpha value is 0.160. The van der Waals surface area contributed by atoms with Gasteiger partial charge in [-0.25, -0.2) is 0 Å². The van der Waals surface area contributed by atoms with E-state index in [0.29, 0.717) is 9.92 Å². The van der Waals surface area contributed by atoms with E-state index in [1.165, 1.54) is 0 Å². The predicted octanol–water partition coefficient (Wildman–Crippen LogP) is 7.80. The second-order valence-corrected chi connectivity index (χ2v) is 14.4. The minimum absolute atomic E-state index is 0.417. The minimum Gasteiger partial charge on any atom is -0.305 e. The Bertz CT molecular complexity index is 658. The van der Waals surface area contributed by atoms with Crippen LogP contribution in [0.1, 0.15) is 55.4 Å². The highest BCUT2D eigenvalue weighted by Gasteiger charge is 2.53. The maximum absolute atomic E-state index is 14.0. The molecule has 0 atom stereocenters. The van der Waals surface area contributed by atoms with Crippen molar-refractivity contribution in [1.82, 2.24) is 0 Å². The molecule has 0 aliphatic heterocycles. The highest BCUT2D eigenvalue weighted by atomic mass is 35.5. The van der Waals surface area contributed by atoms with E-state index in [0.717, 1.165) is 11.8 Å². The maximum Gasteiger partial charge on any atom is 0.356 e. The first-order valence-corrected chi connectivity index (χ1v) is 14.1. The standard InChI is InChI=1S/C19H33ClO6P2S/c1-13(2)23-27(21,24-14(3)4)19(29-18-11-9-17(20)10-12-18)28(22,25-15(5)6)26-16(7)8/h9-16,19H,1-8H3/i9+2,10+2,11+2,12+2,17+2,18+2. The first-order valence-electron chi connectivity index (χ1n) is 9.62. The lowest BCUT2D eigenvalue weighted by Crippen LogP contribution is -2.21. The SMILES string of the molecule is CC(C)OP(=O)(OC(C)C)C(S[14c]1[14cH][14cH][14c](Cl)[14cH][14cH]1)P(=O)(OC(C)C)OC(C)C. The Kier molecular flexibility index (Phi) is 11.0. The molecule has 0 heterocycles. The molecular weight excluding hydrogens is 466 g/mol. The van der Waals surface area contributed by atoms with E-state index < -0.39 is 44.3 Å². The molecule has 0 bridgehead atoms. The van der Waals surface area contributed by atoms with Crippen molar-refractivity contribution in [2.75, 3.05) is 0 Å². The Morgan fingerprint density at radius 1 is 0.690 bits per heavy atom. The molecule has 0 aromatic heterocycles. The zero-order valence-electron chi connectivity index (χ0n) is 18.3. The van der Waals surface area contributed by atoms with Gasteiger partial charge in [-0.15, -0.1) is 0 Å². The number of hydrogen-bond donors (Lipinski definition) is 0. The molecule has 29 heavy (non-hydrogen) atoms. The molecule has 0 saturated carbocycles. The predicted molar refractivity (Wildman–Crippen MR) is 121 cm³/mol. The van der Waals surface area contributed by atoms with Gasteiger partial charge in [-0.3, -0.25) is 9.13 Å². The summed E-state index contributed by atoms with van der Waals surface area (Å²) in [6.07, 6.45) is -1.67. The lowest BCUT2D eigenvalue weighted by atomic mass is 10.5. The summed E-state index contributed by atoms with van der Waals surface area (Å²) in [5.74, 6) is 0. The number of benzene rings is 1. The third kappa shape index (κ3) is 9.04. The van der Waals surface area contributed by atoms with Crippen LogP contribution in [-0.2, 0) is 27.2 Å². The van der Waals surface area contributed by atoms with Crippen molar-refractivity contribution in [2.45, 2.75) is 89.4 Å². The third-order valence-electron chi connectivity index (χ3n) is 3.03. The average Bonchev–Trinajstić information content (AvgIpc) is 2.50. The van der Waals surface area contributed by atoms with E-state index in [4.69, 9.17) is 29.7 Å². The molecule has 1 rings (SSSR count). The molecule has 1 aromatic carbocycles. The largest absolute Gasteiger partial charge is 0.356 e. The van der Waals surface area contributed by atoms with Gasteiger partial charge in [-0.2, -0.15) is 0 Å². The van der Waals surface area contributed by atoms with Crippen LogP contribution in [0, 0.1) is 0 Å². The van der Waals surface area contributed by atoms with Crippen LogP contribution in [0.2, 0.25) is 5.02 Å². The lowest BCUT2D eigenvalue weighted by molar-refractivity contribution is 0.129. The fraction of sp³-hybridized carbons (Fsp3) is 0.684. The fourth-order valence-electron chi connectivity index (χ4n) is 2.37. The molecule has 168 valence electrons. The molecule has 0 amide bonds. The van der Waals surface area contributed by atoms with Crippen molar-refractivity contribution in [1.29, 1.82) is 0 Å². The summed E-state index contributed by atoms with van der Waals surface area (Å²) in [5.41, 5.74) is 0. The highest BCUT2D eigenvalue weighted by Crippen LogP contribution is 2.76. The Morgan fingerprint density at radius 3 is 1.28 bits per heavy atom. The van der Waals surface area contributed by atoms with Gasteiger partial charge in [0.1, 0.15) is 0 Å². The van der Waals surface area contributed by atoms with Crippen LogP contribution >= 0.6 is 38.6 Å². The van der Waals surface area contributed by atoms with E-state index in [2.05, 4.69) is 0 Å². The van der Waals surface area contributed by atoms with Gasteiger partial charge in [0.2, 0.25) is 4.73 Å². The topological polar surface area (TPSA) is 71.1 Å². The molecule has 0 spiro atoms. The summed E-state index contributed by atoms with van der Waals surface area (Å²) in [4.78, 5) is 0.694. The van der Waals surface area contributed by atoms with Gasteiger partial charge in [0.25, 0.3) is 0 Å². The van der Waals surface area contributed by atoms with Crippen LogP contribution < -0.4 is 0 Å². The van der Waals surface area contributed by atoms with Crippen molar-refractivity contribution in [3.63, 3.8) is 0 Å². The Morgan fingerprint density at radius 2 is 1.00 bits per heavy atom. The van der Waals surface area contributed by atoms with Gasteiger partial charge >= 0.3 is 15.2 Å². The van der Waals surface area contributed by atoms with E-state index in [1.807, 2.05) is 0 Å². The molecule has 0 aliphatic rings. The van der Waals surface area contributed by atoms with Crippen molar-refractivity contribution in [2.24, 2.45) is 0 Å². The molecule has 0 aliphatic carbocycles. The minimum atomic E-state index is -3.94. The Labute approximate surface area is 184 Å². The molecule has 0 saturated heterocycles. The van der Waals surface area contributed by atoms with Crippen LogP contribution in [0.25, 0.3) is 0 Å². The lowest BCUT2D eigenvalue weighted by Gasteiger charge is -2.34. The first kappa shape index (κ1) is 27.2. The zero-order chi connectivity index (χ0) is 22.4. The summed E-state index contributed by atoms with van der Waals surface area (Å²) < 4.78 is 49.9. The van der Waals surface area contributed by atoms with E-state index in [-0.39, 0.29) is 0 Å². The molecular formula is C19H33ClO6P2S. The molecule has 10 heteroatoms. The van der Waals surface area contributed by atoms with Crippen molar-refractivity contribution in [3.8, 4) is 0 Å². The fourth-order valence-corrected chi connectivity index (χ4v) is 10.3. The quantitative estimate of drug-likeness (QED) is 0.215. The van der Waals surface area contributed by atoms with Crippen LogP contribution in [-0.4, -0.2) is 29.1 Å². The van der Waals surface area contributed by atoms with Crippen LogP contribution in [0.3, 0.4) is 0 Å². The van der Waals surface area contributed by atoms with Crippen molar-refractivity contribution in [3.05, 3.63) is 29.3 Å². The highest BCUT2D eigenvalue weighted by molar-refractivity contribution is 8.12. The Balaban J connectivity index is 3.56. The summed E-state index contributed by atoms with van der Waals surface area (Å²) in [6.45, 7) is 14.0. The van der Waals surface area contributed by atoms with Crippen LogP contribution in [0.4, 0.5) is 0 Å².